The molecule has 0 unspecified atom stereocenters. The van der Waals surface area contributed by atoms with Crippen molar-refractivity contribution in [3.63, 3.8) is 0 Å². The van der Waals surface area contributed by atoms with Crippen LogP contribution in [0.15, 0.2) is 60.7 Å². The Morgan fingerprint density at radius 2 is 1.39 bits per heavy atom. The first-order chi connectivity index (χ1) is 17.1. The second kappa shape index (κ2) is 10.3. The number of aromatic carboxylic acids is 2. The summed E-state index contributed by atoms with van der Waals surface area (Å²) in [6.45, 7) is 2.45. The van der Waals surface area contributed by atoms with Crippen LogP contribution in [-0.4, -0.2) is 40.1 Å². The zero-order valence-corrected chi connectivity index (χ0v) is 19.1. The molecule has 4 rings (SSSR count). The van der Waals surface area contributed by atoms with Crippen LogP contribution >= 0.6 is 0 Å². The van der Waals surface area contributed by atoms with E-state index in [-0.39, 0.29) is 33.9 Å². The van der Waals surface area contributed by atoms with Gasteiger partial charge in [-0.05, 0) is 74.0 Å². The van der Waals surface area contributed by atoms with E-state index in [4.69, 9.17) is 0 Å². The molecule has 1 aliphatic rings. The number of carboxylic acid groups (broad SMARTS) is 2. The lowest BCUT2D eigenvalue weighted by Crippen LogP contribution is -2.18. The fraction of sp³-hybridized carbons (Fsp3) is 0.231. The van der Waals surface area contributed by atoms with Gasteiger partial charge in [-0.25, -0.2) is 9.59 Å². The molecule has 3 aromatic rings. The zero-order chi connectivity index (χ0) is 25.9. The molecular formula is C26H24F3N3O4. The molecule has 1 fully saturated rings. The van der Waals surface area contributed by atoms with Crippen molar-refractivity contribution in [2.75, 3.05) is 23.7 Å². The Morgan fingerprint density at radius 1 is 0.778 bits per heavy atom. The molecule has 0 bridgehead atoms. The second-order valence-corrected chi connectivity index (χ2v) is 8.53. The predicted molar refractivity (Wildman–Crippen MR) is 129 cm³/mol. The lowest BCUT2D eigenvalue weighted by Gasteiger charge is -2.19. The molecular weight excluding hydrogens is 475 g/mol. The molecule has 7 nitrogen and oxygen atoms in total. The number of para-hydroxylation sites is 1. The molecule has 3 aromatic carbocycles. The number of nitrogens with one attached hydrogen (secondary N) is 2. The molecule has 10 heteroatoms. The van der Waals surface area contributed by atoms with E-state index in [1.54, 1.807) is 12.1 Å². The van der Waals surface area contributed by atoms with Gasteiger partial charge in [0.15, 0.2) is 0 Å². The summed E-state index contributed by atoms with van der Waals surface area (Å²) in [5.74, 6) is -2.43. The molecule has 0 spiro atoms. The van der Waals surface area contributed by atoms with Gasteiger partial charge in [-0.3, -0.25) is 4.90 Å². The van der Waals surface area contributed by atoms with E-state index in [2.05, 4.69) is 15.5 Å². The van der Waals surface area contributed by atoms with Gasteiger partial charge in [0, 0.05) is 6.54 Å². The molecule has 0 radical (unpaired) electrons. The van der Waals surface area contributed by atoms with Gasteiger partial charge in [0.2, 0.25) is 0 Å². The van der Waals surface area contributed by atoms with E-state index in [1.165, 1.54) is 36.4 Å². The SMILES string of the molecule is O=C(O)c1ccccc1Nc1ccc(C(F)(F)F)cc1Nc1ccc(CN2CCCC2)cc1C(=O)O. The summed E-state index contributed by atoms with van der Waals surface area (Å²) in [7, 11) is 0. The standard InChI is InChI=1S/C26H24F3N3O4/c27-26(28,29)17-8-10-22(30-20-6-2-1-5-18(20)24(33)34)23(14-17)31-21-9-7-16(13-19(21)25(35)36)15-32-11-3-4-12-32/h1-2,5-10,13-14,30-31H,3-4,11-12,15H2,(H,33,34)(H,35,36). The van der Waals surface area contributed by atoms with Crippen molar-refractivity contribution in [1.29, 1.82) is 0 Å². The van der Waals surface area contributed by atoms with Gasteiger partial charge in [0.1, 0.15) is 0 Å². The predicted octanol–water partition coefficient (Wildman–Crippen LogP) is 6.18. The molecule has 0 aliphatic carbocycles. The van der Waals surface area contributed by atoms with Crippen molar-refractivity contribution in [2.24, 2.45) is 0 Å². The molecule has 36 heavy (non-hydrogen) atoms. The quantitative estimate of drug-likeness (QED) is 0.293. The molecule has 188 valence electrons. The lowest BCUT2D eigenvalue weighted by molar-refractivity contribution is -0.137. The number of carbonyl (C=O) groups is 2. The highest BCUT2D eigenvalue weighted by atomic mass is 19.4. The number of carboxylic acids is 2. The number of alkyl halides is 3. The molecule has 0 aromatic heterocycles. The number of benzene rings is 3. The summed E-state index contributed by atoms with van der Waals surface area (Å²) in [5, 5.41) is 24.9. The van der Waals surface area contributed by atoms with Crippen LogP contribution in [0.1, 0.15) is 44.7 Å². The van der Waals surface area contributed by atoms with Crippen LogP contribution in [0.5, 0.6) is 0 Å². The fourth-order valence-corrected chi connectivity index (χ4v) is 4.18. The average Bonchev–Trinajstić information content (AvgIpc) is 3.33. The molecule has 4 N–H and O–H groups in total. The molecule has 0 amide bonds. The zero-order valence-electron chi connectivity index (χ0n) is 19.1. The van der Waals surface area contributed by atoms with E-state index in [9.17, 15) is 33.0 Å². The third kappa shape index (κ3) is 5.77. The number of halogens is 3. The van der Waals surface area contributed by atoms with E-state index in [1.807, 2.05) is 0 Å². The minimum Gasteiger partial charge on any atom is -0.478 e. The summed E-state index contributed by atoms with van der Waals surface area (Å²) in [5.41, 5.74) is 0.0758. The van der Waals surface area contributed by atoms with Crippen molar-refractivity contribution in [2.45, 2.75) is 25.6 Å². The number of nitrogens with zero attached hydrogens (tertiary/aromatic N) is 1. The minimum absolute atomic E-state index is 0.0557. The first-order valence-electron chi connectivity index (χ1n) is 11.3. The summed E-state index contributed by atoms with van der Waals surface area (Å²) < 4.78 is 40.4. The normalized spacial score (nSPS) is 14.0. The van der Waals surface area contributed by atoms with Crippen LogP contribution < -0.4 is 10.6 Å². The number of anilines is 4. The van der Waals surface area contributed by atoms with E-state index < -0.39 is 23.7 Å². The molecule has 0 atom stereocenters. The summed E-state index contributed by atoms with van der Waals surface area (Å²) in [6.07, 6.45) is -2.47. The second-order valence-electron chi connectivity index (χ2n) is 8.53. The Hall–Kier alpha value is -4.05. The number of likely N-dealkylation sites (tertiary alicyclic amines) is 1. The average molecular weight is 499 g/mol. The highest BCUT2D eigenvalue weighted by molar-refractivity contribution is 5.98. The highest BCUT2D eigenvalue weighted by Gasteiger charge is 2.31. The maximum Gasteiger partial charge on any atom is 0.416 e. The van der Waals surface area contributed by atoms with E-state index in [0.29, 0.717) is 6.54 Å². The van der Waals surface area contributed by atoms with Crippen LogP contribution in [0.3, 0.4) is 0 Å². The highest BCUT2D eigenvalue weighted by Crippen LogP contribution is 2.37. The van der Waals surface area contributed by atoms with Crippen LogP contribution in [-0.2, 0) is 12.7 Å². The summed E-state index contributed by atoms with van der Waals surface area (Å²) in [6, 6.07) is 13.7. The van der Waals surface area contributed by atoms with Gasteiger partial charge < -0.3 is 20.8 Å². The summed E-state index contributed by atoms with van der Waals surface area (Å²) in [4.78, 5) is 25.8. The van der Waals surface area contributed by atoms with Gasteiger partial charge in [-0.1, -0.05) is 18.2 Å². The minimum atomic E-state index is -4.64. The van der Waals surface area contributed by atoms with Crippen LogP contribution in [0.2, 0.25) is 0 Å². The van der Waals surface area contributed by atoms with Gasteiger partial charge >= 0.3 is 18.1 Å². The molecule has 1 saturated heterocycles. The maximum absolute atomic E-state index is 13.5. The maximum atomic E-state index is 13.5. The molecule has 1 heterocycles. The van der Waals surface area contributed by atoms with E-state index >= 15 is 0 Å². The first kappa shape index (κ1) is 25.1. The van der Waals surface area contributed by atoms with Gasteiger partial charge in [0.05, 0.1) is 39.4 Å². The number of rotatable bonds is 8. The Labute approximate surface area is 205 Å². The monoisotopic (exact) mass is 499 g/mol. The fourth-order valence-electron chi connectivity index (χ4n) is 4.18. The van der Waals surface area contributed by atoms with Crippen molar-refractivity contribution in [3.05, 3.63) is 82.9 Å². The Bertz CT molecular complexity index is 1290. The van der Waals surface area contributed by atoms with Crippen molar-refractivity contribution < 1.29 is 33.0 Å². The largest absolute Gasteiger partial charge is 0.478 e. The van der Waals surface area contributed by atoms with Gasteiger partial charge in [-0.15, -0.1) is 0 Å². The first-order valence-corrected chi connectivity index (χ1v) is 11.3. The van der Waals surface area contributed by atoms with Gasteiger partial charge in [-0.2, -0.15) is 13.2 Å². The summed E-state index contributed by atoms with van der Waals surface area (Å²) >= 11 is 0. The Kier molecular flexibility index (Phi) is 7.16. The third-order valence-electron chi connectivity index (χ3n) is 5.96. The lowest BCUT2D eigenvalue weighted by atomic mass is 10.1. The van der Waals surface area contributed by atoms with Crippen LogP contribution in [0.4, 0.5) is 35.9 Å². The topological polar surface area (TPSA) is 102 Å². The Balaban J connectivity index is 1.71. The van der Waals surface area contributed by atoms with Crippen molar-refractivity contribution in [1.82, 2.24) is 4.90 Å². The number of hydrogen-bond acceptors (Lipinski definition) is 5. The number of hydrogen-bond donors (Lipinski definition) is 4. The third-order valence-corrected chi connectivity index (χ3v) is 5.96. The van der Waals surface area contributed by atoms with Crippen molar-refractivity contribution >= 4 is 34.7 Å². The smallest absolute Gasteiger partial charge is 0.416 e. The van der Waals surface area contributed by atoms with Crippen LogP contribution in [0.25, 0.3) is 0 Å². The van der Waals surface area contributed by atoms with Gasteiger partial charge in [0.25, 0.3) is 0 Å². The van der Waals surface area contributed by atoms with Crippen molar-refractivity contribution in [3.8, 4) is 0 Å². The molecule has 0 saturated carbocycles. The Morgan fingerprint density at radius 3 is 2.06 bits per heavy atom. The van der Waals surface area contributed by atoms with Crippen LogP contribution in [0, 0.1) is 0 Å². The molecule has 1 aliphatic heterocycles. The van der Waals surface area contributed by atoms with E-state index in [0.717, 1.165) is 43.6 Å².